The molecule has 0 aromatic carbocycles. The molecular formula is C27H36ClN7O4. The van der Waals surface area contributed by atoms with Gasteiger partial charge in [0.25, 0.3) is 5.91 Å². The number of likely N-dealkylation sites (tertiary alicyclic amines) is 1. The van der Waals surface area contributed by atoms with Gasteiger partial charge in [0.15, 0.2) is 5.82 Å². The number of hydrogen-bond donors (Lipinski definition) is 2. The van der Waals surface area contributed by atoms with Gasteiger partial charge in [-0.2, -0.15) is 5.10 Å². The van der Waals surface area contributed by atoms with Crippen molar-refractivity contribution in [2.24, 2.45) is 5.92 Å². The number of pyridine rings is 1. The quantitative estimate of drug-likeness (QED) is 0.544. The number of amides is 3. The summed E-state index contributed by atoms with van der Waals surface area (Å²) in [6.07, 6.45) is 7.54. The molecule has 11 nitrogen and oxygen atoms in total. The smallest absolute Gasteiger partial charge is 0.412 e. The molecule has 0 spiro atoms. The predicted molar refractivity (Wildman–Crippen MR) is 148 cm³/mol. The molecule has 0 bridgehead atoms. The highest BCUT2D eigenvalue weighted by atomic mass is 35.5. The monoisotopic (exact) mass is 557 g/mol. The van der Waals surface area contributed by atoms with E-state index in [1.165, 1.54) is 6.20 Å². The summed E-state index contributed by atoms with van der Waals surface area (Å²) in [4.78, 5) is 47.9. The first-order valence-corrected chi connectivity index (χ1v) is 14.0. The van der Waals surface area contributed by atoms with Gasteiger partial charge < -0.3 is 19.9 Å². The summed E-state index contributed by atoms with van der Waals surface area (Å²) in [7, 11) is 0. The van der Waals surface area contributed by atoms with Crippen LogP contribution in [0.25, 0.3) is 0 Å². The molecule has 3 fully saturated rings. The maximum absolute atomic E-state index is 13.5. The first-order valence-electron chi connectivity index (χ1n) is 13.6. The van der Waals surface area contributed by atoms with E-state index >= 15 is 0 Å². The molecule has 12 heteroatoms. The van der Waals surface area contributed by atoms with Crippen molar-refractivity contribution in [3.63, 3.8) is 0 Å². The van der Waals surface area contributed by atoms with Gasteiger partial charge in [-0.3, -0.25) is 19.6 Å². The lowest BCUT2D eigenvalue weighted by molar-refractivity contribution is -0.134. The van der Waals surface area contributed by atoms with Crippen molar-refractivity contribution < 1.29 is 19.1 Å². The van der Waals surface area contributed by atoms with Crippen LogP contribution in [0.1, 0.15) is 59.3 Å². The van der Waals surface area contributed by atoms with Gasteiger partial charge in [-0.25, -0.2) is 9.78 Å². The number of rotatable bonds is 6. The second kappa shape index (κ2) is 10.7. The van der Waals surface area contributed by atoms with Crippen LogP contribution >= 0.6 is 11.6 Å². The molecule has 2 aromatic rings. The van der Waals surface area contributed by atoms with Gasteiger partial charge in [-0.1, -0.05) is 11.6 Å². The van der Waals surface area contributed by atoms with Gasteiger partial charge in [-0.15, -0.1) is 0 Å². The van der Waals surface area contributed by atoms with Gasteiger partial charge in [0.2, 0.25) is 5.91 Å². The van der Waals surface area contributed by atoms with Gasteiger partial charge >= 0.3 is 6.09 Å². The highest BCUT2D eigenvalue weighted by Gasteiger charge is 2.53. The minimum atomic E-state index is -0.855. The number of anilines is 3. The summed E-state index contributed by atoms with van der Waals surface area (Å²) in [6, 6.07) is 3.50. The summed E-state index contributed by atoms with van der Waals surface area (Å²) in [5, 5.41) is 10.3. The van der Waals surface area contributed by atoms with E-state index < -0.39 is 17.2 Å². The second-order valence-electron chi connectivity index (χ2n) is 11.6. The number of ether oxygens (including phenoxy) is 1. The normalized spacial score (nSPS) is 20.5. The van der Waals surface area contributed by atoms with Crippen LogP contribution in [-0.4, -0.2) is 69.4 Å². The third kappa shape index (κ3) is 6.13. The Kier molecular flexibility index (Phi) is 7.45. The first-order chi connectivity index (χ1) is 18.5. The van der Waals surface area contributed by atoms with Gasteiger partial charge in [0, 0.05) is 32.4 Å². The highest BCUT2D eigenvalue weighted by Crippen LogP contribution is 2.44. The van der Waals surface area contributed by atoms with Crippen LogP contribution in [0, 0.1) is 5.92 Å². The number of halogens is 1. The molecule has 0 radical (unpaired) electrons. The van der Waals surface area contributed by atoms with Gasteiger partial charge in [0.05, 0.1) is 22.8 Å². The third-order valence-electron chi connectivity index (χ3n) is 7.40. The fourth-order valence-corrected chi connectivity index (χ4v) is 5.39. The zero-order valence-corrected chi connectivity index (χ0v) is 23.5. The van der Waals surface area contributed by atoms with Crippen LogP contribution < -0.4 is 15.5 Å². The van der Waals surface area contributed by atoms with Crippen molar-refractivity contribution in [3.8, 4) is 0 Å². The van der Waals surface area contributed by atoms with Crippen molar-refractivity contribution in [2.75, 3.05) is 41.7 Å². The van der Waals surface area contributed by atoms with Gasteiger partial charge in [-0.05, 0) is 71.4 Å². The molecule has 3 amide bonds. The van der Waals surface area contributed by atoms with Gasteiger partial charge in [0.1, 0.15) is 17.0 Å². The number of aromatic nitrogens is 3. The Morgan fingerprint density at radius 2 is 1.82 bits per heavy atom. The Morgan fingerprint density at radius 3 is 2.46 bits per heavy atom. The molecule has 2 saturated heterocycles. The Labute approximate surface area is 233 Å². The Morgan fingerprint density at radius 1 is 1.08 bits per heavy atom. The lowest BCUT2D eigenvalue weighted by atomic mass is 9.96. The minimum Gasteiger partial charge on any atom is -0.444 e. The SMILES string of the molecule is CC(C)(C)OC(=O)Nc1ccc(N2CCCC(C(=O)N3CCCC3)C2)nc1NC(=O)C1(n2cc(Cl)cn2)CC1. The van der Waals surface area contributed by atoms with Crippen LogP contribution in [0.5, 0.6) is 0 Å². The zero-order valence-electron chi connectivity index (χ0n) is 22.7. The molecule has 2 aromatic heterocycles. The number of piperidine rings is 1. The highest BCUT2D eigenvalue weighted by molar-refractivity contribution is 6.30. The minimum absolute atomic E-state index is 0.0875. The molecule has 1 atom stereocenters. The molecule has 3 aliphatic rings. The number of carbonyl (C=O) groups is 3. The average molecular weight is 558 g/mol. The Balaban J connectivity index is 1.38. The molecule has 1 unspecified atom stereocenters. The molecule has 5 rings (SSSR count). The summed E-state index contributed by atoms with van der Waals surface area (Å²) in [5.74, 6) is 0.671. The average Bonchev–Trinajstić information content (AvgIpc) is 3.28. The van der Waals surface area contributed by atoms with Crippen molar-refractivity contribution in [1.82, 2.24) is 19.7 Å². The Hall–Kier alpha value is -3.34. The summed E-state index contributed by atoms with van der Waals surface area (Å²) in [5.41, 5.74) is -1.23. The lowest BCUT2D eigenvalue weighted by Gasteiger charge is -2.35. The van der Waals surface area contributed by atoms with E-state index in [-0.39, 0.29) is 23.6 Å². The van der Waals surface area contributed by atoms with Crippen LogP contribution in [-0.2, 0) is 19.9 Å². The molecule has 1 saturated carbocycles. The van der Waals surface area contributed by atoms with E-state index in [1.54, 1.807) is 43.8 Å². The summed E-state index contributed by atoms with van der Waals surface area (Å²) in [6.45, 7) is 8.30. The Bertz CT molecular complexity index is 1250. The predicted octanol–water partition coefficient (Wildman–Crippen LogP) is 4.25. The molecule has 2 aliphatic heterocycles. The van der Waals surface area contributed by atoms with Crippen LogP contribution in [0.2, 0.25) is 5.02 Å². The molecular weight excluding hydrogens is 522 g/mol. The van der Waals surface area contributed by atoms with Crippen molar-refractivity contribution in [1.29, 1.82) is 0 Å². The van der Waals surface area contributed by atoms with E-state index in [0.29, 0.717) is 35.9 Å². The maximum Gasteiger partial charge on any atom is 0.412 e. The first kappa shape index (κ1) is 27.2. The second-order valence-corrected chi connectivity index (χ2v) is 12.0. The third-order valence-corrected chi connectivity index (χ3v) is 7.59. The summed E-state index contributed by atoms with van der Waals surface area (Å²) < 4.78 is 7.00. The number of nitrogens with zero attached hydrogens (tertiary/aromatic N) is 5. The molecule has 2 N–H and O–H groups in total. The van der Waals surface area contributed by atoms with E-state index in [4.69, 9.17) is 21.3 Å². The van der Waals surface area contributed by atoms with E-state index in [1.807, 2.05) is 4.90 Å². The van der Waals surface area contributed by atoms with Crippen molar-refractivity contribution in [2.45, 2.75) is 70.4 Å². The molecule has 4 heterocycles. The van der Waals surface area contributed by atoms with Crippen LogP contribution in [0.4, 0.5) is 22.1 Å². The standard InChI is InChI=1S/C27H36ClN7O4/c1-26(2,3)39-25(38)30-20-8-9-21(34-14-6-7-18(16-34)23(36)33-12-4-5-13-33)31-22(20)32-24(37)27(10-11-27)35-17-19(28)15-29-35/h8-9,15,17-18H,4-7,10-14,16H2,1-3H3,(H,30,38)(H,31,32,37). The number of carbonyl (C=O) groups excluding carboxylic acids is 3. The van der Waals surface area contributed by atoms with E-state index in [2.05, 4.69) is 20.6 Å². The molecule has 210 valence electrons. The zero-order chi connectivity index (χ0) is 27.8. The van der Waals surface area contributed by atoms with Crippen molar-refractivity contribution >= 4 is 46.8 Å². The number of hydrogen-bond acceptors (Lipinski definition) is 7. The topological polar surface area (TPSA) is 122 Å². The lowest BCUT2D eigenvalue weighted by Crippen LogP contribution is -2.44. The summed E-state index contributed by atoms with van der Waals surface area (Å²) >= 11 is 6.06. The van der Waals surface area contributed by atoms with Crippen LogP contribution in [0.3, 0.4) is 0 Å². The fraction of sp³-hybridized carbons (Fsp3) is 0.593. The van der Waals surface area contributed by atoms with Crippen molar-refractivity contribution in [3.05, 3.63) is 29.5 Å². The number of nitrogens with one attached hydrogen (secondary N) is 2. The largest absolute Gasteiger partial charge is 0.444 e. The maximum atomic E-state index is 13.5. The van der Waals surface area contributed by atoms with Crippen LogP contribution in [0.15, 0.2) is 24.5 Å². The van der Waals surface area contributed by atoms with E-state index in [9.17, 15) is 14.4 Å². The van der Waals surface area contributed by atoms with E-state index in [0.717, 1.165) is 45.3 Å². The fourth-order valence-electron chi connectivity index (χ4n) is 5.25. The molecule has 39 heavy (non-hydrogen) atoms. The molecule has 1 aliphatic carbocycles.